The summed E-state index contributed by atoms with van der Waals surface area (Å²) in [5.74, 6) is 2.90. The highest BCUT2D eigenvalue weighted by Crippen LogP contribution is 2.23. The number of aryl methyl sites for hydroxylation is 1. The molecule has 0 saturated carbocycles. The summed E-state index contributed by atoms with van der Waals surface area (Å²) in [5, 5.41) is 0. The second kappa shape index (κ2) is 7.69. The van der Waals surface area contributed by atoms with Gasteiger partial charge in [-0.05, 0) is 24.9 Å². The fourth-order valence-corrected chi connectivity index (χ4v) is 2.84. The third kappa shape index (κ3) is 3.35. The molecule has 2 aromatic rings. The highest BCUT2D eigenvalue weighted by Gasteiger charge is 2.15. The highest BCUT2D eigenvalue weighted by atomic mass is 35.5. The number of imidazole rings is 1. The van der Waals surface area contributed by atoms with Gasteiger partial charge in [0.25, 0.3) is 0 Å². The third-order valence-electron chi connectivity index (χ3n) is 3.12. The number of thioether (sulfide) groups is 1. The van der Waals surface area contributed by atoms with Crippen molar-refractivity contribution in [3.05, 3.63) is 12.2 Å². The molecule has 0 saturated heterocycles. The van der Waals surface area contributed by atoms with E-state index in [4.69, 9.17) is 16.3 Å². The Labute approximate surface area is 128 Å². The van der Waals surface area contributed by atoms with Crippen LogP contribution in [0.15, 0.2) is 6.33 Å². The van der Waals surface area contributed by atoms with E-state index in [9.17, 15) is 0 Å². The Hall–Kier alpha value is -1.01. The van der Waals surface area contributed by atoms with Gasteiger partial charge in [0.15, 0.2) is 11.2 Å². The molecule has 2 heterocycles. The lowest BCUT2D eigenvalue weighted by molar-refractivity contribution is 0.401. The van der Waals surface area contributed by atoms with Gasteiger partial charge in [-0.1, -0.05) is 6.42 Å². The van der Waals surface area contributed by atoms with Crippen LogP contribution >= 0.6 is 23.4 Å². The molecule has 7 heteroatoms. The lowest BCUT2D eigenvalue weighted by Crippen LogP contribution is -2.04. The van der Waals surface area contributed by atoms with Gasteiger partial charge in [-0.15, -0.1) is 11.6 Å². The molecule has 0 aliphatic carbocycles. The number of methoxy groups -OCH3 is 1. The highest BCUT2D eigenvalue weighted by molar-refractivity contribution is 7.98. The molecule has 20 heavy (non-hydrogen) atoms. The number of alkyl halides is 1. The van der Waals surface area contributed by atoms with E-state index in [2.05, 4.69) is 25.8 Å². The number of halogens is 1. The van der Waals surface area contributed by atoms with Gasteiger partial charge in [0.05, 0.1) is 13.0 Å². The van der Waals surface area contributed by atoms with Gasteiger partial charge in [0.1, 0.15) is 12.2 Å². The Morgan fingerprint density at radius 1 is 1.30 bits per heavy atom. The molecule has 0 aliphatic rings. The number of aromatic nitrogens is 4. The summed E-state index contributed by atoms with van der Waals surface area (Å²) in [6.07, 6.45) is 7.18. The fourth-order valence-electron chi connectivity index (χ4n) is 2.14. The predicted octanol–water partition coefficient (Wildman–Crippen LogP) is 3.11. The molecule has 0 unspecified atom stereocenters. The largest absolute Gasteiger partial charge is 0.479 e. The maximum absolute atomic E-state index is 5.99. The molecular formula is C13H19ClN4OS. The van der Waals surface area contributed by atoms with Gasteiger partial charge in [0.2, 0.25) is 5.88 Å². The Kier molecular flexibility index (Phi) is 5.91. The Balaban J connectivity index is 2.18. The Bertz CT molecular complexity index is 561. The van der Waals surface area contributed by atoms with E-state index >= 15 is 0 Å². The standard InChI is InChI=1S/C13H19ClN4OS/c1-19-13-11-12(15-9-16-13)18(10(8-14)17-11)6-4-3-5-7-20-2/h9H,3-8H2,1-2H3. The third-order valence-corrected chi connectivity index (χ3v) is 4.06. The molecule has 0 atom stereocenters. The quantitative estimate of drug-likeness (QED) is 0.553. The van der Waals surface area contributed by atoms with Crippen LogP contribution in [-0.4, -0.2) is 38.6 Å². The van der Waals surface area contributed by atoms with Crippen molar-refractivity contribution in [2.24, 2.45) is 0 Å². The zero-order valence-corrected chi connectivity index (χ0v) is 13.4. The van der Waals surface area contributed by atoms with Gasteiger partial charge >= 0.3 is 0 Å². The van der Waals surface area contributed by atoms with Gasteiger partial charge in [0, 0.05) is 6.54 Å². The predicted molar refractivity (Wildman–Crippen MR) is 83.7 cm³/mol. The molecule has 0 aliphatic heterocycles. The van der Waals surface area contributed by atoms with E-state index in [1.165, 1.54) is 24.9 Å². The van der Waals surface area contributed by atoms with Crippen LogP contribution in [0.25, 0.3) is 11.2 Å². The zero-order chi connectivity index (χ0) is 14.4. The van der Waals surface area contributed by atoms with E-state index in [1.54, 1.807) is 7.11 Å². The van der Waals surface area contributed by atoms with E-state index < -0.39 is 0 Å². The van der Waals surface area contributed by atoms with Crippen molar-refractivity contribution in [1.29, 1.82) is 0 Å². The molecule has 0 aromatic carbocycles. The summed E-state index contributed by atoms with van der Waals surface area (Å²) < 4.78 is 7.30. The first-order valence-corrected chi connectivity index (χ1v) is 8.53. The van der Waals surface area contributed by atoms with E-state index in [1.807, 2.05) is 11.8 Å². The Morgan fingerprint density at radius 2 is 2.15 bits per heavy atom. The van der Waals surface area contributed by atoms with Crippen LogP contribution in [0.2, 0.25) is 0 Å². The molecule has 0 amide bonds. The first kappa shape index (κ1) is 15.4. The minimum atomic E-state index is 0.365. The topological polar surface area (TPSA) is 52.8 Å². The number of unbranched alkanes of at least 4 members (excludes halogenated alkanes) is 2. The molecule has 110 valence electrons. The van der Waals surface area contributed by atoms with Gasteiger partial charge in [-0.2, -0.15) is 16.7 Å². The van der Waals surface area contributed by atoms with Crippen LogP contribution in [0.4, 0.5) is 0 Å². The van der Waals surface area contributed by atoms with Gasteiger partial charge in [-0.3, -0.25) is 0 Å². The van der Waals surface area contributed by atoms with Crippen LogP contribution < -0.4 is 4.74 Å². The monoisotopic (exact) mass is 314 g/mol. The van der Waals surface area contributed by atoms with Crippen LogP contribution in [0, 0.1) is 0 Å². The SMILES string of the molecule is COc1ncnc2c1nc(CCl)n2CCCCCSC. The molecule has 5 nitrogen and oxygen atoms in total. The van der Waals surface area contributed by atoms with E-state index in [-0.39, 0.29) is 0 Å². The van der Waals surface area contributed by atoms with Crippen molar-refractivity contribution in [2.45, 2.75) is 31.7 Å². The minimum Gasteiger partial charge on any atom is -0.479 e. The first-order valence-electron chi connectivity index (χ1n) is 6.60. The van der Waals surface area contributed by atoms with E-state index in [0.29, 0.717) is 17.3 Å². The lowest BCUT2D eigenvalue weighted by Gasteiger charge is -2.06. The summed E-state index contributed by atoms with van der Waals surface area (Å²) in [7, 11) is 1.59. The van der Waals surface area contributed by atoms with Gasteiger partial charge in [-0.25, -0.2) is 9.97 Å². The van der Waals surface area contributed by atoms with Crippen molar-refractivity contribution in [2.75, 3.05) is 19.1 Å². The average molecular weight is 315 g/mol. The van der Waals surface area contributed by atoms with Crippen molar-refractivity contribution < 1.29 is 4.74 Å². The minimum absolute atomic E-state index is 0.365. The number of rotatable bonds is 8. The molecular weight excluding hydrogens is 296 g/mol. The number of ether oxygens (including phenoxy) is 1. The summed E-state index contributed by atoms with van der Waals surface area (Å²) in [5.41, 5.74) is 1.49. The summed E-state index contributed by atoms with van der Waals surface area (Å²) in [4.78, 5) is 12.9. The molecule has 0 fully saturated rings. The number of fused-ring (bicyclic) bond motifs is 1. The van der Waals surface area contributed by atoms with Crippen LogP contribution in [0.1, 0.15) is 25.1 Å². The number of hydrogen-bond acceptors (Lipinski definition) is 5. The Morgan fingerprint density at radius 3 is 2.85 bits per heavy atom. The molecule has 0 spiro atoms. The lowest BCUT2D eigenvalue weighted by atomic mass is 10.2. The number of hydrogen-bond donors (Lipinski definition) is 0. The van der Waals surface area contributed by atoms with Crippen molar-refractivity contribution in [1.82, 2.24) is 19.5 Å². The molecule has 0 N–H and O–H groups in total. The maximum atomic E-state index is 5.99. The first-order chi connectivity index (χ1) is 9.81. The van der Waals surface area contributed by atoms with Crippen LogP contribution in [0.3, 0.4) is 0 Å². The summed E-state index contributed by atoms with van der Waals surface area (Å²) in [6, 6.07) is 0. The molecule has 2 aromatic heterocycles. The average Bonchev–Trinajstić information content (AvgIpc) is 2.85. The fraction of sp³-hybridized carbons (Fsp3) is 0.615. The second-order valence-electron chi connectivity index (χ2n) is 4.42. The normalized spacial score (nSPS) is 11.2. The van der Waals surface area contributed by atoms with Crippen molar-refractivity contribution in [3.8, 4) is 5.88 Å². The smallest absolute Gasteiger partial charge is 0.245 e. The van der Waals surface area contributed by atoms with Crippen LogP contribution in [0.5, 0.6) is 5.88 Å². The van der Waals surface area contributed by atoms with Crippen molar-refractivity contribution in [3.63, 3.8) is 0 Å². The van der Waals surface area contributed by atoms with Crippen LogP contribution in [-0.2, 0) is 12.4 Å². The van der Waals surface area contributed by atoms with Crippen molar-refractivity contribution >= 4 is 34.5 Å². The zero-order valence-electron chi connectivity index (χ0n) is 11.8. The second-order valence-corrected chi connectivity index (χ2v) is 5.67. The van der Waals surface area contributed by atoms with Gasteiger partial charge < -0.3 is 9.30 Å². The maximum Gasteiger partial charge on any atom is 0.245 e. The summed E-state index contributed by atoms with van der Waals surface area (Å²) >= 11 is 7.87. The number of nitrogens with zero attached hydrogens (tertiary/aromatic N) is 4. The molecule has 2 rings (SSSR count). The molecule has 0 radical (unpaired) electrons. The molecule has 0 bridgehead atoms. The van der Waals surface area contributed by atoms with E-state index in [0.717, 1.165) is 24.4 Å². The summed E-state index contributed by atoms with van der Waals surface area (Å²) in [6.45, 7) is 0.882.